The van der Waals surface area contributed by atoms with E-state index in [2.05, 4.69) is 39.0 Å². The number of furan rings is 1. The molecule has 0 fully saturated rings. The molecule has 0 spiro atoms. The first-order valence-electron chi connectivity index (χ1n) is 6.45. The minimum atomic E-state index is 0.635. The molecule has 1 aromatic carbocycles. The van der Waals surface area contributed by atoms with Crippen molar-refractivity contribution in [2.75, 3.05) is 6.54 Å². The molecular weight excluding hydrogens is 222 g/mol. The van der Waals surface area contributed by atoms with Crippen molar-refractivity contribution in [3.8, 4) is 0 Å². The summed E-state index contributed by atoms with van der Waals surface area (Å²) in [7, 11) is 0. The number of hydrogen-bond donors (Lipinski definition) is 1. The fraction of sp³-hybridized carbons (Fsp3) is 0.375. The molecule has 18 heavy (non-hydrogen) atoms. The molecule has 0 unspecified atom stereocenters. The summed E-state index contributed by atoms with van der Waals surface area (Å²) >= 11 is 0. The highest BCUT2D eigenvalue weighted by Gasteiger charge is 2.07. The van der Waals surface area contributed by atoms with E-state index in [0.717, 1.165) is 24.4 Å². The van der Waals surface area contributed by atoms with Crippen molar-refractivity contribution in [2.24, 2.45) is 5.73 Å². The van der Waals surface area contributed by atoms with Gasteiger partial charge in [-0.05, 0) is 61.7 Å². The first-order valence-corrected chi connectivity index (χ1v) is 6.45. The van der Waals surface area contributed by atoms with Gasteiger partial charge in [-0.25, -0.2) is 0 Å². The normalized spacial score (nSPS) is 10.9. The number of hydrogen-bond acceptors (Lipinski definition) is 2. The van der Waals surface area contributed by atoms with Crippen molar-refractivity contribution in [1.29, 1.82) is 0 Å². The molecule has 2 N–H and O–H groups in total. The Balaban J connectivity index is 2.20. The van der Waals surface area contributed by atoms with Crippen LogP contribution in [0.25, 0.3) is 0 Å². The van der Waals surface area contributed by atoms with Gasteiger partial charge in [-0.1, -0.05) is 12.1 Å². The Labute approximate surface area is 109 Å². The van der Waals surface area contributed by atoms with Gasteiger partial charge in [0.05, 0.1) is 0 Å². The second kappa shape index (κ2) is 5.40. The summed E-state index contributed by atoms with van der Waals surface area (Å²) in [6, 6.07) is 8.46. The maximum atomic E-state index is 5.77. The predicted molar refractivity (Wildman–Crippen MR) is 74.9 cm³/mol. The van der Waals surface area contributed by atoms with Crippen molar-refractivity contribution in [3.05, 3.63) is 58.0 Å². The highest BCUT2D eigenvalue weighted by atomic mass is 16.3. The second-order valence-corrected chi connectivity index (χ2v) is 4.88. The summed E-state index contributed by atoms with van der Waals surface area (Å²) in [6.07, 6.45) is 1.67. The second-order valence-electron chi connectivity index (χ2n) is 4.88. The molecule has 2 aromatic rings. The van der Waals surface area contributed by atoms with Crippen LogP contribution >= 0.6 is 0 Å². The predicted octanol–water partition coefficient (Wildman–Crippen LogP) is 3.30. The standard InChI is InChI=1S/C16H21NO/c1-11-4-5-14(13(3)12(11)2)10-16-7-6-15(18-16)8-9-17/h4-7H,8-10,17H2,1-3H3. The SMILES string of the molecule is Cc1ccc(Cc2ccc(CCN)o2)c(C)c1C. The molecule has 2 heteroatoms. The molecule has 2 rings (SSSR count). The highest BCUT2D eigenvalue weighted by molar-refractivity contribution is 5.40. The topological polar surface area (TPSA) is 39.2 Å². The first kappa shape index (κ1) is 12.9. The number of benzene rings is 1. The number of aryl methyl sites for hydroxylation is 1. The van der Waals surface area contributed by atoms with Crippen molar-refractivity contribution >= 4 is 0 Å². The van der Waals surface area contributed by atoms with Crippen LogP contribution in [0.1, 0.15) is 33.8 Å². The van der Waals surface area contributed by atoms with Gasteiger partial charge >= 0.3 is 0 Å². The Morgan fingerprint density at radius 3 is 2.39 bits per heavy atom. The minimum Gasteiger partial charge on any atom is -0.466 e. The van der Waals surface area contributed by atoms with Gasteiger partial charge in [0.15, 0.2) is 0 Å². The average molecular weight is 243 g/mol. The van der Waals surface area contributed by atoms with Crippen molar-refractivity contribution in [3.63, 3.8) is 0 Å². The maximum absolute atomic E-state index is 5.77. The van der Waals surface area contributed by atoms with Gasteiger partial charge in [-0.3, -0.25) is 0 Å². The third-order valence-corrected chi connectivity index (χ3v) is 3.64. The van der Waals surface area contributed by atoms with Gasteiger partial charge in [0.25, 0.3) is 0 Å². The van der Waals surface area contributed by atoms with Crippen LogP contribution < -0.4 is 5.73 Å². The van der Waals surface area contributed by atoms with Gasteiger partial charge in [0.2, 0.25) is 0 Å². The Hall–Kier alpha value is -1.54. The van der Waals surface area contributed by atoms with Crippen LogP contribution in [0.5, 0.6) is 0 Å². The quantitative estimate of drug-likeness (QED) is 0.895. The number of nitrogens with two attached hydrogens (primary N) is 1. The molecular formula is C16H21NO. The molecule has 0 atom stereocenters. The van der Waals surface area contributed by atoms with Crippen LogP contribution in [0.2, 0.25) is 0 Å². The van der Waals surface area contributed by atoms with Gasteiger partial charge in [0.1, 0.15) is 11.5 Å². The average Bonchev–Trinajstić information content (AvgIpc) is 2.78. The Bertz CT molecular complexity index is 540. The molecule has 0 bridgehead atoms. The van der Waals surface area contributed by atoms with Crippen LogP contribution in [0, 0.1) is 20.8 Å². The van der Waals surface area contributed by atoms with Crippen LogP contribution in [0.3, 0.4) is 0 Å². The lowest BCUT2D eigenvalue weighted by Crippen LogP contribution is -2.01. The lowest BCUT2D eigenvalue weighted by molar-refractivity contribution is 0.474. The van der Waals surface area contributed by atoms with E-state index in [1.807, 2.05) is 6.07 Å². The molecule has 96 valence electrons. The monoisotopic (exact) mass is 243 g/mol. The van der Waals surface area contributed by atoms with Gasteiger partial charge in [0, 0.05) is 12.8 Å². The third kappa shape index (κ3) is 2.65. The van der Waals surface area contributed by atoms with E-state index >= 15 is 0 Å². The van der Waals surface area contributed by atoms with E-state index in [-0.39, 0.29) is 0 Å². The van der Waals surface area contributed by atoms with Crippen LogP contribution in [-0.4, -0.2) is 6.54 Å². The van der Waals surface area contributed by atoms with Crippen molar-refractivity contribution in [2.45, 2.75) is 33.6 Å². The lowest BCUT2D eigenvalue weighted by Gasteiger charge is -2.10. The molecule has 0 amide bonds. The molecule has 0 saturated carbocycles. The fourth-order valence-corrected chi connectivity index (χ4v) is 2.19. The highest BCUT2D eigenvalue weighted by Crippen LogP contribution is 2.21. The Morgan fingerprint density at radius 2 is 1.67 bits per heavy atom. The molecule has 2 nitrogen and oxygen atoms in total. The molecule has 0 aliphatic rings. The van der Waals surface area contributed by atoms with E-state index in [1.54, 1.807) is 0 Å². The summed E-state index contributed by atoms with van der Waals surface area (Å²) in [5.74, 6) is 2.00. The smallest absolute Gasteiger partial charge is 0.108 e. The molecule has 0 radical (unpaired) electrons. The summed E-state index contributed by atoms with van der Waals surface area (Å²) in [5, 5.41) is 0. The van der Waals surface area contributed by atoms with Crippen LogP contribution in [0.15, 0.2) is 28.7 Å². The lowest BCUT2D eigenvalue weighted by atomic mass is 9.96. The first-order chi connectivity index (χ1) is 8.61. The molecule has 0 aliphatic carbocycles. The van der Waals surface area contributed by atoms with Gasteiger partial charge in [-0.15, -0.1) is 0 Å². The van der Waals surface area contributed by atoms with Crippen molar-refractivity contribution < 1.29 is 4.42 Å². The number of rotatable bonds is 4. The zero-order chi connectivity index (χ0) is 13.1. The largest absolute Gasteiger partial charge is 0.466 e. The molecule has 0 aliphatic heterocycles. The zero-order valence-electron chi connectivity index (χ0n) is 11.4. The van der Waals surface area contributed by atoms with Crippen LogP contribution in [-0.2, 0) is 12.8 Å². The van der Waals surface area contributed by atoms with E-state index in [4.69, 9.17) is 10.2 Å². The molecule has 1 heterocycles. The third-order valence-electron chi connectivity index (χ3n) is 3.64. The summed E-state index contributed by atoms with van der Waals surface area (Å²) in [4.78, 5) is 0. The van der Waals surface area contributed by atoms with Gasteiger partial charge in [-0.2, -0.15) is 0 Å². The van der Waals surface area contributed by atoms with Crippen LogP contribution in [0.4, 0.5) is 0 Å². The Morgan fingerprint density at radius 1 is 0.944 bits per heavy atom. The van der Waals surface area contributed by atoms with Gasteiger partial charge < -0.3 is 10.2 Å². The summed E-state index contributed by atoms with van der Waals surface area (Å²) in [5.41, 5.74) is 11.0. The fourth-order valence-electron chi connectivity index (χ4n) is 2.19. The van der Waals surface area contributed by atoms with E-state index in [9.17, 15) is 0 Å². The van der Waals surface area contributed by atoms with E-state index in [0.29, 0.717) is 6.54 Å². The zero-order valence-corrected chi connectivity index (χ0v) is 11.4. The summed E-state index contributed by atoms with van der Waals surface area (Å²) in [6.45, 7) is 7.14. The molecule has 1 aromatic heterocycles. The van der Waals surface area contributed by atoms with Crippen molar-refractivity contribution in [1.82, 2.24) is 0 Å². The maximum Gasteiger partial charge on any atom is 0.108 e. The van der Waals surface area contributed by atoms with E-state index in [1.165, 1.54) is 22.3 Å². The summed E-state index contributed by atoms with van der Waals surface area (Å²) < 4.78 is 5.77. The van der Waals surface area contributed by atoms with E-state index < -0.39 is 0 Å². The minimum absolute atomic E-state index is 0.635. The Kier molecular flexibility index (Phi) is 3.87. The molecule has 0 saturated heterocycles.